The number of hydrogen-bond acceptors (Lipinski definition) is 4. The highest BCUT2D eigenvalue weighted by atomic mass is 16.3. The second kappa shape index (κ2) is 5.48. The lowest BCUT2D eigenvalue weighted by atomic mass is 10.2. The molecule has 5 heteroatoms. The molecule has 0 aliphatic rings. The first-order valence-corrected chi connectivity index (χ1v) is 6.46. The van der Waals surface area contributed by atoms with Crippen molar-refractivity contribution >= 4 is 5.95 Å². The van der Waals surface area contributed by atoms with Gasteiger partial charge in [0.15, 0.2) is 0 Å². The van der Waals surface area contributed by atoms with Crippen LogP contribution in [0.3, 0.4) is 0 Å². The van der Waals surface area contributed by atoms with E-state index in [-0.39, 0.29) is 6.04 Å². The number of aromatic nitrogens is 2. The van der Waals surface area contributed by atoms with Crippen molar-refractivity contribution in [2.24, 2.45) is 7.05 Å². The Balaban J connectivity index is 1.99. The summed E-state index contributed by atoms with van der Waals surface area (Å²) in [5.41, 5.74) is 1.15. The Morgan fingerprint density at radius 3 is 2.68 bits per heavy atom. The normalized spacial score (nSPS) is 12.7. The Morgan fingerprint density at radius 2 is 2.16 bits per heavy atom. The number of nitrogens with zero attached hydrogens (tertiary/aromatic N) is 3. The molecule has 0 saturated carbocycles. The largest absolute Gasteiger partial charge is 0.465 e. The predicted octanol–water partition coefficient (Wildman–Crippen LogP) is 2.24. The van der Waals surface area contributed by atoms with Crippen LogP contribution in [0.4, 0.5) is 5.95 Å². The molecule has 2 heterocycles. The molecule has 1 N–H and O–H groups in total. The summed E-state index contributed by atoms with van der Waals surface area (Å²) in [6.07, 6.45) is 1.91. The topological polar surface area (TPSA) is 46.2 Å². The van der Waals surface area contributed by atoms with Crippen molar-refractivity contribution in [3.63, 3.8) is 0 Å². The lowest BCUT2D eigenvalue weighted by Crippen LogP contribution is -2.20. The number of aryl methyl sites for hydroxylation is 1. The molecule has 0 saturated heterocycles. The molecule has 0 aliphatic heterocycles. The van der Waals surface area contributed by atoms with Gasteiger partial charge in [0.1, 0.15) is 11.5 Å². The van der Waals surface area contributed by atoms with E-state index in [1.807, 2.05) is 51.3 Å². The van der Waals surface area contributed by atoms with Crippen LogP contribution in [0.1, 0.15) is 30.2 Å². The fourth-order valence-electron chi connectivity index (χ4n) is 2.06. The first kappa shape index (κ1) is 13.7. The van der Waals surface area contributed by atoms with Gasteiger partial charge in [-0.05, 0) is 26.0 Å². The summed E-state index contributed by atoms with van der Waals surface area (Å²) in [7, 11) is 6.02. The monoisotopic (exact) mass is 262 g/mol. The highest BCUT2D eigenvalue weighted by molar-refractivity contribution is 5.30. The molecule has 104 valence electrons. The molecule has 0 aliphatic carbocycles. The zero-order chi connectivity index (χ0) is 14.0. The van der Waals surface area contributed by atoms with Gasteiger partial charge in [0, 0.05) is 27.7 Å². The van der Waals surface area contributed by atoms with Crippen LogP contribution in [-0.2, 0) is 13.6 Å². The lowest BCUT2D eigenvalue weighted by molar-refractivity contribution is 0.413. The molecular formula is C14H22N4O. The maximum Gasteiger partial charge on any atom is 0.204 e. The summed E-state index contributed by atoms with van der Waals surface area (Å²) in [5.74, 6) is 2.87. The molecule has 0 aromatic carbocycles. The SMILES string of the molecule is Cc1ccc(C(C)NCc2cnc(N(C)C)n2C)o1. The molecule has 2 aromatic heterocycles. The summed E-state index contributed by atoms with van der Waals surface area (Å²) >= 11 is 0. The molecule has 0 fully saturated rings. The Labute approximate surface area is 114 Å². The molecule has 0 bridgehead atoms. The summed E-state index contributed by atoms with van der Waals surface area (Å²) in [6.45, 7) is 4.82. The van der Waals surface area contributed by atoms with Gasteiger partial charge in [-0.1, -0.05) is 0 Å². The Morgan fingerprint density at radius 1 is 1.42 bits per heavy atom. The summed E-state index contributed by atoms with van der Waals surface area (Å²) in [6, 6.07) is 4.19. The van der Waals surface area contributed by atoms with Crippen molar-refractivity contribution < 1.29 is 4.42 Å². The Bertz CT molecular complexity index is 541. The van der Waals surface area contributed by atoms with Gasteiger partial charge in [0.05, 0.1) is 17.9 Å². The Kier molecular flexibility index (Phi) is 3.95. The molecule has 1 unspecified atom stereocenters. The van der Waals surface area contributed by atoms with E-state index in [9.17, 15) is 0 Å². The van der Waals surface area contributed by atoms with Crippen molar-refractivity contribution in [1.29, 1.82) is 0 Å². The molecule has 0 radical (unpaired) electrons. The van der Waals surface area contributed by atoms with Gasteiger partial charge in [-0.15, -0.1) is 0 Å². The standard InChI is InChI=1S/C14H22N4O/c1-10-6-7-13(19-10)11(2)15-8-12-9-16-14(17(3)4)18(12)5/h6-7,9,11,15H,8H2,1-5H3. The van der Waals surface area contributed by atoms with Crippen molar-refractivity contribution in [2.45, 2.75) is 26.4 Å². The van der Waals surface area contributed by atoms with E-state index < -0.39 is 0 Å². The minimum atomic E-state index is 0.186. The van der Waals surface area contributed by atoms with Gasteiger partial charge >= 0.3 is 0 Å². The van der Waals surface area contributed by atoms with Crippen LogP contribution >= 0.6 is 0 Å². The van der Waals surface area contributed by atoms with Crippen LogP contribution < -0.4 is 10.2 Å². The minimum absolute atomic E-state index is 0.186. The second-order valence-corrected chi connectivity index (χ2v) is 5.05. The third-order valence-corrected chi connectivity index (χ3v) is 3.24. The van der Waals surface area contributed by atoms with Crippen LogP contribution in [0, 0.1) is 6.92 Å². The number of nitrogens with one attached hydrogen (secondary N) is 1. The smallest absolute Gasteiger partial charge is 0.204 e. The zero-order valence-electron chi connectivity index (χ0n) is 12.3. The number of rotatable bonds is 5. The van der Waals surface area contributed by atoms with E-state index in [2.05, 4.69) is 21.8 Å². The molecule has 0 spiro atoms. The van der Waals surface area contributed by atoms with E-state index in [0.29, 0.717) is 0 Å². The fraction of sp³-hybridized carbons (Fsp3) is 0.500. The van der Waals surface area contributed by atoms with E-state index >= 15 is 0 Å². The number of imidazole rings is 1. The average molecular weight is 262 g/mol. The lowest BCUT2D eigenvalue weighted by Gasteiger charge is -2.14. The number of hydrogen-bond donors (Lipinski definition) is 1. The predicted molar refractivity (Wildman–Crippen MR) is 76.2 cm³/mol. The van der Waals surface area contributed by atoms with Gasteiger partial charge in [-0.2, -0.15) is 0 Å². The molecule has 2 aromatic rings. The first-order chi connectivity index (χ1) is 8.99. The summed E-state index contributed by atoms with van der Waals surface area (Å²) in [4.78, 5) is 6.40. The summed E-state index contributed by atoms with van der Waals surface area (Å²) in [5, 5.41) is 3.45. The highest BCUT2D eigenvalue weighted by Gasteiger charge is 2.12. The van der Waals surface area contributed by atoms with Crippen molar-refractivity contribution in [3.05, 3.63) is 35.5 Å². The molecule has 19 heavy (non-hydrogen) atoms. The van der Waals surface area contributed by atoms with E-state index in [1.54, 1.807) is 0 Å². The van der Waals surface area contributed by atoms with E-state index in [4.69, 9.17) is 4.42 Å². The third kappa shape index (κ3) is 2.98. The van der Waals surface area contributed by atoms with Gasteiger partial charge in [0.2, 0.25) is 5.95 Å². The van der Waals surface area contributed by atoms with Gasteiger partial charge < -0.3 is 19.2 Å². The van der Waals surface area contributed by atoms with Crippen LogP contribution in [0.5, 0.6) is 0 Å². The maximum absolute atomic E-state index is 5.61. The van der Waals surface area contributed by atoms with Crippen LogP contribution in [0.25, 0.3) is 0 Å². The molecule has 0 amide bonds. The molecular weight excluding hydrogens is 240 g/mol. The first-order valence-electron chi connectivity index (χ1n) is 6.46. The number of anilines is 1. The average Bonchev–Trinajstić information content (AvgIpc) is 2.93. The van der Waals surface area contributed by atoms with E-state index in [0.717, 1.165) is 29.7 Å². The van der Waals surface area contributed by atoms with Gasteiger partial charge in [-0.3, -0.25) is 0 Å². The van der Waals surface area contributed by atoms with E-state index in [1.165, 1.54) is 0 Å². The van der Waals surface area contributed by atoms with Crippen molar-refractivity contribution in [1.82, 2.24) is 14.9 Å². The maximum atomic E-state index is 5.61. The minimum Gasteiger partial charge on any atom is -0.465 e. The molecule has 1 atom stereocenters. The highest BCUT2D eigenvalue weighted by Crippen LogP contribution is 2.17. The number of furan rings is 1. The van der Waals surface area contributed by atoms with Crippen molar-refractivity contribution in [3.8, 4) is 0 Å². The fourth-order valence-corrected chi connectivity index (χ4v) is 2.06. The van der Waals surface area contributed by atoms with Crippen LogP contribution in [-0.4, -0.2) is 23.6 Å². The zero-order valence-corrected chi connectivity index (χ0v) is 12.3. The van der Waals surface area contributed by atoms with Crippen LogP contribution in [0.2, 0.25) is 0 Å². The van der Waals surface area contributed by atoms with Crippen molar-refractivity contribution in [2.75, 3.05) is 19.0 Å². The quantitative estimate of drug-likeness (QED) is 0.897. The summed E-state index contributed by atoms with van der Waals surface area (Å²) < 4.78 is 7.70. The van der Waals surface area contributed by atoms with Gasteiger partial charge in [-0.25, -0.2) is 4.98 Å². The van der Waals surface area contributed by atoms with Gasteiger partial charge in [0.25, 0.3) is 0 Å². The third-order valence-electron chi connectivity index (χ3n) is 3.24. The van der Waals surface area contributed by atoms with Crippen LogP contribution in [0.15, 0.2) is 22.7 Å². The molecule has 5 nitrogen and oxygen atoms in total. The Hall–Kier alpha value is -1.75. The second-order valence-electron chi connectivity index (χ2n) is 5.05. The molecule has 2 rings (SSSR count).